The van der Waals surface area contributed by atoms with Crippen molar-refractivity contribution < 1.29 is 9.18 Å². The molecule has 3 N–H and O–H groups in total. The third kappa shape index (κ3) is 3.65. The molecule has 2 aromatic heterocycles. The van der Waals surface area contributed by atoms with Gasteiger partial charge in [0.25, 0.3) is 0 Å². The summed E-state index contributed by atoms with van der Waals surface area (Å²) in [6, 6.07) is 9.96. The van der Waals surface area contributed by atoms with Crippen LogP contribution in [-0.2, 0) is 11.2 Å². The highest BCUT2D eigenvalue weighted by molar-refractivity contribution is 7.17. The first kappa shape index (κ1) is 15.4. The van der Waals surface area contributed by atoms with Crippen LogP contribution in [0.4, 0.5) is 10.1 Å². The van der Waals surface area contributed by atoms with Gasteiger partial charge < -0.3 is 11.1 Å². The molecule has 0 spiro atoms. The van der Waals surface area contributed by atoms with Crippen molar-refractivity contribution in [2.24, 2.45) is 11.7 Å². The molecule has 23 heavy (non-hydrogen) atoms. The molecule has 6 heteroatoms. The minimum absolute atomic E-state index is 0.292. The number of benzene rings is 1. The third-order valence-electron chi connectivity index (χ3n) is 3.68. The number of thiophene rings is 1. The van der Waals surface area contributed by atoms with Gasteiger partial charge in [-0.25, -0.2) is 4.39 Å². The number of pyridine rings is 1. The number of halogens is 1. The number of primary amides is 1. The van der Waals surface area contributed by atoms with Gasteiger partial charge >= 0.3 is 0 Å². The highest BCUT2D eigenvalue weighted by Crippen LogP contribution is 2.27. The van der Waals surface area contributed by atoms with Crippen LogP contribution < -0.4 is 11.1 Å². The number of hydrogen-bond acceptors (Lipinski definition) is 4. The van der Waals surface area contributed by atoms with Gasteiger partial charge in [-0.05, 0) is 41.6 Å². The first-order valence-corrected chi connectivity index (χ1v) is 8.11. The summed E-state index contributed by atoms with van der Waals surface area (Å²) in [6.07, 6.45) is 2.21. The van der Waals surface area contributed by atoms with E-state index in [1.54, 1.807) is 29.7 Å². The number of nitrogens with two attached hydrogens (primary N) is 1. The first-order chi connectivity index (χ1) is 11.1. The molecule has 1 amide bonds. The molecule has 0 bridgehead atoms. The van der Waals surface area contributed by atoms with E-state index in [9.17, 15) is 9.18 Å². The molecule has 1 unspecified atom stereocenters. The van der Waals surface area contributed by atoms with Crippen LogP contribution in [0.25, 0.3) is 10.2 Å². The maximum Gasteiger partial charge on any atom is 0.222 e. The lowest BCUT2D eigenvalue weighted by molar-refractivity contribution is -0.121. The van der Waals surface area contributed by atoms with Crippen molar-refractivity contribution in [1.82, 2.24) is 4.98 Å². The predicted molar refractivity (Wildman–Crippen MR) is 90.9 cm³/mol. The fourth-order valence-corrected chi connectivity index (χ4v) is 3.27. The van der Waals surface area contributed by atoms with Gasteiger partial charge in [-0.3, -0.25) is 9.78 Å². The number of rotatable bonds is 6. The summed E-state index contributed by atoms with van der Waals surface area (Å²) in [6.45, 7) is 0.420. The Labute approximate surface area is 137 Å². The second-order valence-corrected chi connectivity index (χ2v) is 6.22. The van der Waals surface area contributed by atoms with Gasteiger partial charge in [-0.2, -0.15) is 0 Å². The van der Waals surface area contributed by atoms with Crippen molar-refractivity contribution >= 4 is 33.1 Å². The molecule has 0 radical (unpaired) electrons. The summed E-state index contributed by atoms with van der Waals surface area (Å²) in [5, 5.41) is 5.26. The molecule has 0 aliphatic heterocycles. The largest absolute Gasteiger partial charge is 0.383 e. The van der Waals surface area contributed by atoms with E-state index in [-0.39, 0.29) is 17.6 Å². The second-order valence-electron chi connectivity index (χ2n) is 5.30. The van der Waals surface area contributed by atoms with Crippen LogP contribution in [0.3, 0.4) is 0 Å². The number of aromatic nitrogens is 1. The Bertz CT molecular complexity index is 816. The van der Waals surface area contributed by atoms with Gasteiger partial charge in [0.1, 0.15) is 5.82 Å². The van der Waals surface area contributed by atoms with E-state index in [0.29, 0.717) is 13.0 Å². The summed E-state index contributed by atoms with van der Waals surface area (Å²) in [5.41, 5.74) is 8.26. The summed E-state index contributed by atoms with van der Waals surface area (Å²) in [4.78, 5) is 16.0. The van der Waals surface area contributed by atoms with Gasteiger partial charge in [0.2, 0.25) is 5.91 Å². The maximum atomic E-state index is 13.0. The molecule has 1 aromatic carbocycles. The molecule has 3 rings (SSSR count). The minimum Gasteiger partial charge on any atom is -0.383 e. The summed E-state index contributed by atoms with van der Waals surface area (Å²) in [7, 11) is 0. The zero-order valence-corrected chi connectivity index (χ0v) is 13.1. The molecular formula is C17H16FN3OS. The average molecular weight is 329 g/mol. The van der Waals surface area contributed by atoms with Crippen LogP contribution in [0.15, 0.2) is 48.0 Å². The van der Waals surface area contributed by atoms with E-state index in [1.165, 1.54) is 12.1 Å². The van der Waals surface area contributed by atoms with Crippen LogP contribution in [-0.4, -0.2) is 17.4 Å². The number of anilines is 1. The fraction of sp³-hybridized carbons (Fsp3) is 0.176. The Morgan fingerprint density at radius 3 is 2.78 bits per heavy atom. The van der Waals surface area contributed by atoms with Crippen LogP contribution in [0, 0.1) is 11.7 Å². The molecule has 118 valence electrons. The summed E-state index contributed by atoms with van der Waals surface area (Å²) >= 11 is 1.60. The minimum atomic E-state index is -0.377. The molecule has 4 nitrogen and oxygen atoms in total. The summed E-state index contributed by atoms with van der Waals surface area (Å²) in [5.74, 6) is -1.04. The standard InChI is InChI=1S/C17H16FN3OS/c18-13-3-1-11(2-4-13)9-12(17(19)22)10-21-14-5-7-20-15-6-8-23-16(14)15/h1-8,12H,9-10H2,(H2,19,22)(H,20,21). The highest BCUT2D eigenvalue weighted by atomic mass is 32.1. The number of hydrogen-bond donors (Lipinski definition) is 2. The number of nitrogens with one attached hydrogen (secondary N) is 1. The van der Waals surface area contributed by atoms with Crippen LogP contribution in [0.5, 0.6) is 0 Å². The smallest absolute Gasteiger partial charge is 0.222 e. The lowest BCUT2D eigenvalue weighted by Gasteiger charge is -2.15. The van der Waals surface area contributed by atoms with Crippen molar-refractivity contribution in [3.8, 4) is 0 Å². The fourth-order valence-electron chi connectivity index (χ4n) is 2.42. The van der Waals surface area contributed by atoms with Crippen molar-refractivity contribution in [2.45, 2.75) is 6.42 Å². The molecule has 0 aliphatic carbocycles. The SMILES string of the molecule is NC(=O)C(CNc1ccnc2ccsc12)Cc1ccc(F)cc1. The van der Waals surface area contributed by atoms with E-state index in [1.807, 2.05) is 17.5 Å². The number of amides is 1. The van der Waals surface area contributed by atoms with Gasteiger partial charge in [0.15, 0.2) is 0 Å². The molecule has 2 heterocycles. The Balaban J connectivity index is 1.71. The lowest BCUT2D eigenvalue weighted by atomic mass is 9.98. The monoisotopic (exact) mass is 329 g/mol. The van der Waals surface area contributed by atoms with Crippen molar-refractivity contribution in [3.63, 3.8) is 0 Å². The normalized spacial score (nSPS) is 12.2. The van der Waals surface area contributed by atoms with Gasteiger partial charge in [-0.15, -0.1) is 11.3 Å². The van der Waals surface area contributed by atoms with E-state index in [2.05, 4.69) is 10.3 Å². The molecule has 3 aromatic rings. The molecule has 0 fully saturated rings. The Morgan fingerprint density at radius 1 is 1.26 bits per heavy atom. The number of fused-ring (bicyclic) bond motifs is 1. The molecule has 1 atom stereocenters. The molecule has 0 saturated carbocycles. The van der Waals surface area contributed by atoms with Gasteiger partial charge in [0, 0.05) is 12.7 Å². The third-order valence-corrected chi connectivity index (χ3v) is 4.62. The molecule has 0 aliphatic rings. The number of nitrogens with zero attached hydrogens (tertiary/aromatic N) is 1. The van der Waals surface area contributed by atoms with E-state index < -0.39 is 0 Å². The van der Waals surface area contributed by atoms with Crippen molar-refractivity contribution in [2.75, 3.05) is 11.9 Å². The van der Waals surface area contributed by atoms with Crippen LogP contribution in [0.2, 0.25) is 0 Å². The maximum absolute atomic E-state index is 13.0. The summed E-state index contributed by atoms with van der Waals surface area (Å²) < 4.78 is 14.0. The van der Waals surface area contributed by atoms with Gasteiger partial charge in [0.05, 0.1) is 21.8 Å². The quantitative estimate of drug-likeness (QED) is 0.730. The first-order valence-electron chi connectivity index (χ1n) is 7.23. The average Bonchev–Trinajstić information content (AvgIpc) is 3.02. The van der Waals surface area contributed by atoms with Crippen molar-refractivity contribution in [1.29, 1.82) is 0 Å². The van der Waals surface area contributed by atoms with Crippen LogP contribution >= 0.6 is 11.3 Å². The lowest BCUT2D eigenvalue weighted by Crippen LogP contribution is -2.31. The Hall–Kier alpha value is -2.47. The van der Waals surface area contributed by atoms with Crippen molar-refractivity contribution in [3.05, 3.63) is 59.4 Å². The molecular weight excluding hydrogens is 313 g/mol. The van der Waals surface area contributed by atoms with E-state index in [0.717, 1.165) is 21.5 Å². The van der Waals surface area contributed by atoms with Crippen LogP contribution in [0.1, 0.15) is 5.56 Å². The number of carbonyl (C=O) groups is 1. The zero-order chi connectivity index (χ0) is 16.2. The highest BCUT2D eigenvalue weighted by Gasteiger charge is 2.16. The predicted octanol–water partition coefficient (Wildman–Crippen LogP) is 3.19. The van der Waals surface area contributed by atoms with E-state index >= 15 is 0 Å². The van der Waals surface area contributed by atoms with E-state index in [4.69, 9.17) is 5.73 Å². The Morgan fingerprint density at radius 2 is 2.04 bits per heavy atom. The second kappa shape index (κ2) is 6.75. The zero-order valence-electron chi connectivity index (χ0n) is 12.3. The number of carbonyl (C=O) groups excluding carboxylic acids is 1. The Kier molecular flexibility index (Phi) is 4.52. The van der Waals surface area contributed by atoms with Gasteiger partial charge in [-0.1, -0.05) is 12.1 Å². The topological polar surface area (TPSA) is 68.0 Å². The molecule has 0 saturated heterocycles.